The summed E-state index contributed by atoms with van der Waals surface area (Å²) >= 11 is 0. The first-order valence-electron chi connectivity index (χ1n) is 15.6. The minimum absolute atomic E-state index is 0.0111. The van der Waals surface area contributed by atoms with Gasteiger partial charge in [-0.1, -0.05) is 46.5 Å². The lowest BCUT2D eigenvalue weighted by Crippen LogP contribution is -2.55. The van der Waals surface area contributed by atoms with Gasteiger partial charge in [-0.05, 0) is 32.1 Å². The highest BCUT2D eigenvalue weighted by atomic mass is 31.2. The highest BCUT2D eigenvalue weighted by Gasteiger charge is 2.29. The number of fused-ring (bicyclic) bond motifs is 2. The van der Waals surface area contributed by atoms with Crippen molar-refractivity contribution in [3.8, 4) is 0 Å². The predicted octanol–water partition coefficient (Wildman–Crippen LogP) is 2.40. The second kappa shape index (κ2) is 19.7. The van der Waals surface area contributed by atoms with Gasteiger partial charge in [-0.2, -0.15) is 0 Å². The molecule has 250 valence electrons. The van der Waals surface area contributed by atoms with Crippen molar-refractivity contribution in [3.05, 3.63) is 0 Å². The maximum absolute atomic E-state index is 12.8. The number of hydrogen-bond donors (Lipinski definition) is 1. The molecule has 13 nitrogen and oxygen atoms in total. The normalized spacial score (nSPS) is 26.4. The first-order valence-corrected chi connectivity index (χ1v) is 20.8. The van der Waals surface area contributed by atoms with Gasteiger partial charge in [-0.25, -0.2) is 0 Å². The summed E-state index contributed by atoms with van der Waals surface area (Å²) in [4.78, 5) is 43.8. The molecule has 0 aromatic heterocycles. The van der Waals surface area contributed by atoms with Crippen LogP contribution in [0.3, 0.4) is 0 Å². The highest BCUT2D eigenvalue weighted by Crippen LogP contribution is 2.40. The summed E-state index contributed by atoms with van der Waals surface area (Å²) < 4.78 is 54.1. The van der Waals surface area contributed by atoms with E-state index in [1.165, 1.54) is 0 Å². The first kappa shape index (κ1) is 38.5. The van der Waals surface area contributed by atoms with Crippen LogP contribution in [0.4, 0.5) is 0 Å². The minimum Gasteiger partial charge on any atom is -0.778 e. The smallest absolute Gasteiger partial charge is 0.148 e. The van der Waals surface area contributed by atoms with Crippen LogP contribution in [0.15, 0.2) is 0 Å². The first-order chi connectivity index (χ1) is 19.9. The number of unbranched alkanes of at least 4 members (excludes halogenated alkanes) is 3. The standard InChI is InChI=1S/C26H57N4O9P3/c1-4-7-17-37-40(31,32)22-28-13-15-29(23-41(33,34)38-18-8-5-2)20-25-11-10-12-26(27-25)21-30(16-14-28)24-42(35,36)39-19-9-6-3/h25-27H,4-24H2,1-3H3,(H,31,32)(H,33,34)(H,35,36)/p-3. The topological polar surface area (TPSA) is 170 Å². The fourth-order valence-electron chi connectivity index (χ4n) is 5.18. The molecule has 0 aromatic rings. The van der Waals surface area contributed by atoms with Crippen molar-refractivity contribution in [2.75, 3.05) is 77.9 Å². The van der Waals surface area contributed by atoms with Crippen molar-refractivity contribution in [3.63, 3.8) is 0 Å². The summed E-state index contributed by atoms with van der Waals surface area (Å²) in [6.45, 7) is 8.35. The van der Waals surface area contributed by atoms with Gasteiger partial charge in [0, 0.05) is 51.4 Å². The second-order valence-corrected chi connectivity index (χ2v) is 16.9. The van der Waals surface area contributed by atoms with Crippen LogP contribution in [-0.2, 0) is 27.3 Å². The van der Waals surface area contributed by atoms with Gasteiger partial charge in [0.15, 0.2) is 0 Å². The molecule has 2 aliphatic heterocycles. The van der Waals surface area contributed by atoms with Crippen molar-refractivity contribution in [2.24, 2.45) is 0 Å². The van der Waals surface area contributed by atoms with Crippen LogP contribution in [0, 0.1) is 0 Å². The van der Waals surface area contributed by atoms with Gasteiger partial charge < -0.3 is 47.3 Å². The third-order valence-electron chi connectivity index (χ3n) is 7.48. The molecule has 5 unspecified atom stereocenters. The zero-order valence-electron chi connectivity index (χ0n) is 25.9. The fourth-order valence-corrected chi connectivity index (χ4v) is 8.91. The van der Waals surface area contributed by atoms with Crippen LogP contribution in [-0.4, -0.2) is 105 Å². The number of nitrogens with zero attached hydrogens (tertiary/aromatic N) is 3. The van der Waals surface area contributed by atoms with Crippen molar-refractivity contribution < 1.29 is 41.9 Å². The summed E-state index contributed by atoms with van der Waals surface area (Å²) in [5.41, 5.74) is 0. The van der Waals surface area contributed by atoms with Crippen LogP contribution in [0.25, 0.3) is 0 Å². The largest absolute Gasteiger partial charge is 0.778 e. The summed E-state index contributed by atoms with van der Waals surface area (Å²) in [6.07, 6.45) is 6.19. The zero-order valence-corrected chi connectivity index (χ0v) is 28.5. The Morgan fingerprint density at radius 3 is 1.31 bits per heavy atom. The Kier molecular flexibility index (Phi) is 18.1. The van der Waals surface area contributed by atoms with Crippen molar-refractivity contribution in [1.29, 1.82) is 0 Å². The van der Waals surface area contributed by atoms with E-state index in [1.807, 2.05) is 30.6 Å². The fraction of sp³-hybridized carbons (Fsp3) is 1.00. The molecule has 0 saturated carbocycles. The Balaban J connectivity index is 2.22. The third-order valence-corrected chi connectivity index (χ3v) is 11.4. The molecule has 0 radical (unpaired) electrons. The van der Waals surface area contributed by atoms with E-state index in [0.29, 0.717) is 45.4 Å². The Labute approximate surface area is 253 Å². The number of rotatable bonds is 18. The van der Waals surface area contributed by atoms with E-state index in [4.69, 9.17) is 13.6 Å². The van der Waals surface area contributed by atoms with E-state index in [0.717, 1.165) is 38.5 Å². The predicted molar refractivity (Wildman–Crippen MR) is 159 cm³/mol. The molecule has 16 heteroatoms. The summed E-state index contributed by atoms with van der Waals surface area (Å²) in [5, 5.41) is 3.61. The maximum Gasteiger partial charge on any atom is 0.148 e. The summed E-state index contributed by atoms with van der Waals surface area (Å²) in [7, 11) is -12.5. The van der Waals surface area contributed by atoms with E-state index in [-0.39, 0.29) is 63.9 Å². The molecule has 2 saturated heterocycles. The van der Waals surface area contributed by atoms with Gasteiger partial charge in [0.25, 0.3) is 0 Å². The lowest BCUT2D eigenvalue weighted by Gasteiger charge is -2.41. The summed E-state index contributed by atoms with van der Waals surface area (Å²) in [6, 6.07) is 0.0222. The van der Waals surface area contributed by atoms with Crippen molar-refractivity contribution in [2.45, 2.75) is 90.6 Å². The second-order valence-electron chi connectivity index (χ2n) is 11.6. The molecule has 2 bridgehead atoms. The molecule has 2 fully saturated rings. The summed E-state index contributed by atoms with van der Waals surface area (Å²) in [5.74, 6) is 0. The van der Waals surface area contributed by atoms with Gasteiger partial charge >= 0.3 is 0 Å². The quantitative estimate of drug-likeness (QED) is 0.168. The SMILES string of the molecule is CCCCOP(=O)([O-])CN1CCN(CP(=O)([O-])OCCCC)CC2CCCC(CN(CP(=O)([O-])OCCCC)CC1)N2. The molecule has 2 aliphatic rings. The van der Waals surface area contributed by atoms with Gasteiger partial charge in [-0.15, -0.1) is 0 Å². The monoisotopic (exact) mass is 659 g/mol. The van der Waals surface area contributed by atoms with Crippen LogP contribution < -0.4 is 20.0 Å². The van der Waals surface area contributed by atoms with E-state index in [1.54, 1.807) is 4.90 Å². The Morgan fingerprint density at radius 2 is 0.952 bits per heavy atom. The third kappa shape index (κ3) is 16.6. The van der Waals surface area contributed by atoms with Crippen LogP contribution in [0.5, 0.6) is 0 Å². The van der Waals surface area contributed by atoms with Crippen LogP contribution in [0.1, 0.15) is 78.6 Å². The maximum atomic E-state index is 12.8. The Morgan fingerprint density at radius 1 is 0.619 bits per heavy atom. The Bertz CT molecular complexity index is 851. The zero-order chi connectivity index (χ0) is 31.1. The van der Waals surface area contributed by atoms with Crippen molar-refractivity contribution in [1.82, 2.24) is 20.0 Å². The lowest BCUT2D eigenvalue weighted by atomic mass is 9.97. The average molecular weight is 660 g/mol. The van der Waals surface area contributed by atoms with Crippen LogP contribution in [0.2, 0.25) is 0 Å². The van der Waals surface area contributed by atoms with Gasteiger partial charge in [-0.3, -0.25) is 14.7 Å². The molecule has 42 heavy (non-hydrogen) atoms. The molecule has 5 atom stereocenters. The molecule has 1 N–H and O–H groups in total. The van der Waals surface area contributed by atoms with Crippen LogP contribution >= 0.6 is 22.8 Å². The minimum atomic E-state index is -4.20. The van der Waals surface area contributed by atoms with E-state index < -0.39 is 22.8 Å². The van der Waals surface area contributed by atoms with Crippen molar-refractivity contribution >= 4 is 22.8 Å². The van der Waals surface area contributed by atoms with E-state index >= 15 is 0 Å². The van der Waals surface area contributed by atoms with E-state index in [9.17, 15) is 28.4 Å². The van der Waals surface area contributed by atoms with Gasteiger partial charge in [0.05, 0.1) is 38.7 Å². The van der Waals surface area contributed by atoms with Gasteiger partial charge in [0.1, 0.15) is 22.8 Å². The number of hydrogen-bond acceptors (Lipinski definition) is 13. The molecule has 0 spiro atoms. The lowest BCUT2D eigenvalue weighted by molar-refractivity contribution is -0.203. The molecular formula is C26H54N4O9P3-3. The number of piperidine rings is 1. The molecule has 2 heterocycles. The average Bonchev–Trinajstić information content (AvgIpc) is 2.89. The molecular weight excluding hydrogens is 605 g/mol. The number of nitrogens with one attached hydrogen (secondary N) is 1. The van der Waals surface area contributed by atoms with Gasteiger partial charge in [0.2, 0.25) is 0 Å². The molecule has 0 amide bonds. The molecule has 0 aromatic carbocycles. The highest BCUT2D eigenvalue weighted by molar-refractivity contribution is 7.51. The molecule has 2 rings (SSSR count). The van der Waals surface area contributed by atoms with E-state index in [2.05, 4.69) is 5.32 Å². The molecule has 0 aliphatic carbocycles. The Hall–Kier alpha value is 0.290.